The predicted octanol–water partition coefficient (Wildman–Crippen LogP) is 1.60. The standard InChI is InChI=1S/C14H15BrN4O2/c15-10-4-2-9(3-5-10)11-8-18-13(16)12(19-11)14(21)17-6-1-7-20/h2-5,8,20H,1,6-7H2,(H2,16,18)(H,17,21). The molecule has 0 aliphatic carbocycles. The molecule has 0 fully saturated rings. The number of aliphatic hydroxyl groups is 1. The van der Waals surface area contributed by atoms with Crippen molar-refractivity contribution in [1.82, 2.24) is 15.3 Å². The number of nitrogens with one attached hydrogen (secondary N) is 1. The Morgan fingerprint density at radius 2 is 2.05 bits per heavy atom. The van der Waals surface area contributed by atoms with Crippen molar-refractivity contribution in [2.24, 2.45) is 0 Å². The first kappa shape index (κ1) is 15.4. The zero-order valence-corrected chi connectivity index (χ0v) is 12.8. The Morgan fingerprint density at radius 1 is 1.33 bits per heavy atom. The molecule has 0 radical (unpaired) electrons. The fraction of sp³-hybridized carbons (Fsp3) is 0.214. The molecule has 6 nitrogen and oxygen atoms in total. The molecular formula is C14H15BrN4O2. The van der Waals surface area contributed by atoms with E-state index in [0.29, 0.717) is 18.7 Å². The van der Waals surface area contributed by atoms with E-state index >= 15 is 0 Å². The lowest BCUT2D eigenvalue weighted by molar-refractivity contribution is 0.0947. The third-order valence-corrected chi connectivity index (χ3v) is 3.30. The maximum atomic E-state index is 12.0. The number of halogens is 1. The molecule has 0 aliphatic rings. The smallest absolute Gasteiger partial charge is 0.273 e. The van der Waals surface area contributed by atoms with Crippen LogP contribution in [0.4, 0.5) is 5.82 Å². The van der Waals surface area contributed by atoms with Gasteiger partial charge in [0.15, 0.2) is 11.5 Å². The summed E-state index contributed by atoms with van der Waals surface area (Å²) in [4.78, 5) is 20.3. The summed E-state index contributed by atoms with van der Waals surface area (Å²) in [5, 5.41) is 11.4. The highest BCUT2D eigenvalue weighted by Crippen LogP contribution is 2.20. The predicted molar refractivity (Wildman–Crippen MR) is 83.6 cm³/mol. The van der Waals surface area contributed by atoms with Crippen molar-refractivity contribution in [3.8, 4) is 11.3 Å². The number of nitrogens with zero attached hydrogens (tertiary/aromatic N) is 2. The average molecular weight is 351 g/mol. The van der Waals surface area contributed by atoms with Gasteiger partial charge in [-0.3, -0.25) is 4.79 Å². The lowest BCUT2D eigenvalue weighted by Gasteiger charge is -2.08. The molecule has 1 heterocycles. The maximum Gasteiger partial charge on any atom is 0.273 e. The molecule has 2 rings (SSSR count). The van der Waals surface area contributed by atoms with E-state index in [1.54, 1.807) is 0 Å². The number of aliphatic hydroxyl groups excluding tert-OH is 1. The fourth-order valence-corrected chi connectivity index (χ4v) is 1.95. The first-order valence-corrected chi connectivity index (χ1v) is 7.18. The molecule has 1 aromatic heterocycles. The van der Waals surface area contributed by atoms with Gasteiger partial charge in [0, 0.05) is 23.2 Å². The normalized spacial score (nSPS) is 10.4. The Balaban J connectivity index is 2.24. The molecule has 110 valence electrons. The topological polar surface area (TPSA) is 101 Å². The zero-order chi connectivity index (χ0) is 15.2. The molecule has 0 saturated carbocycles. The number of anilines is 1. The van der Waals surface area contributed by atoms with E-state index < -0.39 is 5.91 Å². The van der Waals surface area contributed by atoms with E-state index in [2.05, 4.69) is 31.2 Å². The summed E-state index contributed by atoms with van der Waals surface area (Å²) in [6, 6.07) is 7.51. The second-order valence-electron chi connectivity index (χ2n) is 4.33. The summed E-state index contributed by atoms with van der Waals surface area (Å²) < 4.78 is 0.955. The molecule has 4 N–H and O–H groups in total. The van der Waals surface area contributed by atoms with Crippen LogP contribution in [0.5, 0.6) is 0 Å². The molecule has 21 heavy (non-hydrogen) atoms. The molecular weight excluding hydrogens is 336 g/mol. The molecule has 0 bridgehead atoms. The number of aromatic nitrogens is 2. The van der Waals surface area contributed by atoms with Crippen molar-refractivity contribution in [3.63, 3.8) is 0 Å². The van der Waals surface area contributed by atoms with Crippen molar-refractivity contribution >= 4 is 27.7 Å². The summed E-state index contributed by atoms with van der Waals surface area (Å²) >= 11 is 3.36. The molecule has 0 aliphatic heterocycles. The van der Waals surface area contributed by atoms with Gasteiger partial charge in [-0.05, 0) is 18.6 Å². The van der Waals surface area contributed by atoms with Crippen molar-refractivity contribution < 1.29 is 9.90 Å². The highest BCUT2D eigenvalue weighted by Gasteiger charge is 2.14. The van der Waals surface area contributed by atoms with E-state index in [4.69, 9.17) is 10.8 Å². The number of benzene rings is 1. The fourth-order valence-electron chi connectivity index (χ4n) is 1.69. The van der Waals surface area contributed by atoms with Gasteiger partial charge in [-0.15, -0.1) is 0 Å². The molecule has 0 spiro atoms. The minimum Gasteiger partial charge on any atom is -0.396 e. The van der Waals surface area contributed by atoms with Crippen molar-refractivity contribution in [3.05, 3.63) is 40.6 Å². The van der Waals surface area contributed by atoms with Gasteiger partial charge in [0.2, 0.25) is 0 Å². The molecule has 0 atom stereocenters. The van der Waals surface area contributed by atoms with Crippen molar-refractivity contribution in [2.75, 3.05) is 18.9 Å². The number of hydrogen-bond donors (Lipinski definition) is 3. The van der Waals surface area contributed by atoms with Gasteiger partial charge in [-0.25, -0.2) is 9.97 Å². The maximum absolute atomic E-state index is 12.0. The Bertz CT molecular complexity index is 631. The third kappa shape index (κ3) is 3.99. The van der Waals surface area contributed by atoms with E-state index in [1.165, 1.54) is 6.20 Å². The second-order valence-corrected chi connectivity index (χ2v) is 5.24. The van der Waals surface area contributed by atoms with Gasteiger partial charge in [0.25, 0.3) is 5.91 Å². The SMILES string of the molecule is Nc1ncc(-c2ccc(Br)cc2)nc1C(=O)NCCCO. The van der Waals surface area contributed by atoms with E-state index in [1.807, 2.05) is 24.3 Å². The van der Waals surface area contributed by atoms with Crippen LogP contribution in [-0.2, 0) is 0 Å². The number of nitrogen functional groups attached to an aromatic ring is 1. The molecule has 0 unspecified atom stereocenters. The number of hydrogen-bond acceptors (Lipinski definition) is 5. The third-order valence-electron chi connectivity index (χ3n) is 2.78. The number of rotatable bonds is 5. The van der Waals surface area contributed by atoms with E-state index in [0.717, 1.165) is 10.0 Å². The van der Waals surface area contributed by atoms with Crippen LogP contribution in [0.15, 0.2) is 34.9 Å². The monoisotopic (exact) mass is 350 g/mol. The van der Waals surface area contributed by atoms with Gasteiger partial charge in [-0.2, -0.15) is 0 Å². The summed E-state index contributed by atoms with van der Waals surface area (Å²) in [6.07, 6.45) is 2.01. The van der Waals surface area contributed by atoms with Crippen LogP contribution in [0, 0.1) is 0 Å². The highest BCUT2D eigenvalue weighted by molar-refractivity contribution is 9.10. The summed E-state index contributed by atoms with van der Waals surface area (Å²) in [6.45, 7) is 0.374. The van der Waals surface area contributed by atoms with Crippen LogP contribution < -0.4 is 11.1 Å². The van der Waals surface area contributed by atoms with Crippen molar-refractivity contribution in [2.45, 2.75) is 6.42 Å². The number of carbonyl (C=O) groups is 1. The van der Waals surface area contributed by atoms with Gasteiger partial charge < -0.3 is 16.2 Å². The number of nitrogens with two attached hydrogens (primary N) is 1. The number of amides is 1. The zero-order valence-electron chi connectivity index (χ0n) is 11.2. The number of carbonyl (C=O) groups excluding carboxylic acids is 1. The van der Waals surface area contributed by atoms with E-state index in [9.17, 15) is 4.79 Å². The minimum absolute atomic E-state index is 0.0143. The lowest BCUT2D eigenvalue weighted by Crippen LogP contribution is -2.27. The molecule has 2 aromatic rings. The van der Waals surface area contributed by atoms with Gasteiger partial charge >= 0.3 is 0 Å². The molecule has 7 heteroatoms. The van der Waals surface area contributed by atoms with E-state index in [-0.39, 0.29) is 18.1 Å². The first-order chi connectivity index (χ1) is 10.1. The summed E-state index contributed by atoms with van der Waals surface area (Å²) in [5.74, 6) is -0.315. The first-order valence-electron chi connectivity index (χ1n) is 6.39. The lowest BCUT2D eigenvalue weighted by atomic mass is 10.1. The Hall–Kier alpha value is -1.99. The van der Waals surface area contributed by atoms with Crippen LogP contribution in [-0.4, -0.2) is 34.1 Å². The average Bonchev–Trinajstić information content (AvgIpc) is 2.49. The van der Waals surface area contributed by atoms with Gasteiger partial charge in [0.1, 0.15) is 0 Å². The van der Waals surface area contributed by atoms with Crippen LogP contribution in [0.3, 0.4) is 0 Å². The Kier molecular flexibility index (Phi) is 5.24. The Morgan fingerprint density at radius 3 is 2.71 bits per heavy atom. The quantitative estimate of drug-likeness (QED) is 0.711. The Labute approximate surface area is 130 Å². The second kappa shape index (κ2) is 7.14. The van der Waals surface area contributed by atoms with Gasteiger partial charge in [-0.1, -0.05) is 28.1 Å². The summed E-state index contributed by atoms with van der Waals surface area (Å²) in [5.41, 5.74) is 7.21. The van der Waals surface area contributed by atoms with Crippen LogP contribution in [0.2, 0.25) is 0 Å². The minimum atomic E-state index is -0.396. The highest BCUT2D eigenvalue weighted by atomic mass is 79.9. The molecule has 1 amide bonds. The largest absolute Gasteiger partial charge is 0.396 e. The summed E-state index contributed by atoms with van der Waals surface area (Å²) in [7, 11) is 0. The molecule has 0 saturated heterocycles. The molecule has 1 aromatic carbocycles. The van der Waals surface area contributed by atoms with Gasteiger partial charge in [0.05, 0.1) is 11.9 Å². The van der Waals surface area contributed by atoms with Crippen LogP contribution in [0.25, 0.3) is 11.3 Å². The van der Waals surface area contributed by atoms with Crippen molar-refractivity contribution in [1.29, 1.82) is 0 Å². The van der Waals surface area contributed by atoms with Crippen LogP contribution in [0.1, 0.15) is 16.9 Å². The van der Waals surface area contributed by atoms with Crippen LogP contribution >= 0.6 is 15.9 Å².